The van der Waals surface area contributed by atoms with Crippen LogP contribution in [0.25, 0.3) is 0 Å². The molecule has 0 N–H and O–H groups in total. The van der Waals surface area contributed by atoms with Crippen LogP contribution in [0, 0.1) is 0 Å². The highest BCUT2D eigenvalue weighted by Crippen LogP contribution is 2.11. The van der Waals surface area contributed by atoms with Gasteiger partial charge in [-0.1, -0.05) is 45.4 Å². The molecule has 0 aromatic carbocycles. The number of methoxy groups -OCH3 is 1. The molecule has 1 aromatic rings. The molecule has 8 heteroatoms. The second-order valence-corrected chi connectivity index (χ2v) is 7.76. The molecule has 32 heavy (non-hydrogen) atoms. The van der Waals surface area contributed by atoms with Gasteiger partial charge >= 0.3 is 12.1 Å². The summed E-state index contributed by atoms with van der Waals surface area (Å²) in [6.45, 7) is 6.63. The monoisotopic (exact) mass is 455 g/mol. The molecule has 1 rings (SSSR count). The second kappa shape index (κ2) is 18.5. The summed E-state index contributed by atoms with van der Waals surface area (Å²) in [6, 6.07) is 1.70. The number of aryl methyl sites for hydroxylation is 1. The van der Waals surface area contributed by atoms with Gasteiger partial charge in [0.2, 0.25) is 6.29 Å². The maximum atomic E-state index is 12.2. The fraction of sp³-hybridized carbons (Fsp3) is 0.750. The normalized spacial score (nSPS) is 11.8. The van der Waals surface area contributed by atoms with Crippen LogP contribution in [0.2, 0.25) is 0 Å². The Morgan fingerprint density at radius 2 is 1.59 bits per heavy atom. The van der Waals surface area contributed by atoms with E-state index in [-0.39, 0.29) is 13.2 Å². The summed E-state index contributed by atoms with van der Waals surface area (Å²) in [4.78, 5) is 23.6. The number of rotatable bonds is 19. The SMILES string of the molecule is CCCCOCCCCCCCCCn1ccc(C(=O)OC(C)OC(=O)OCCOC)c1. The summed E-state index contributed by atoms with van der Waals surface area (Å²) in [5, 5.41) is 0. The fourth-order valence-electron chi connectivity index (χ4n) is 3.05. The zero-order valence-electron chi connectivity index (χ0n) is 20.0. The standard InChI is InChI=1S/C24H41NO7/c1-4-5-16-29-17-12-10-8-6-7-9-11-14-25-15-13-22(20-25)23(26)31-21(2)32-24(27)30-19-18-28-3/h13,15,20-21H,4-12,14,16-19H2,1-3H3. The first kappa shape index (κ1) is 28.0. The van der Waals surface area contributed by atoms with Gasteiger partial charge < -0.3 is 28.3 Å². The van der Waals surface area contributed by atoms with Crippen LogP contribution in [0.1, 0.15) is 82.0 Å². The van der Waals surface area contributed by atoms with Gasteiger partial charge in [0.1, 0.15) is 6.61 Å². The predicted octanol–water partition coefficient (Wildman–Crippen LogP) is 5.34. The minimum atomic E-state index is -1.04. The molecule has 0 amide bonds. The van der Waals surface area contributed by atoms with E-state index in [0.717, 1.165) is 39.0 Å². The number of ether oxygens (including phenoxy) is 5. The van der Waals surface area contributed by atoms with Gasteiger partial charge in [-0.05, 0) is 25.3 Å². The Bertz CT molecular complexity index is 617. The van der Waals surface area contributed by atoms with Crippen LogP contribution in [-0.4, -0.2) is 56.5 Å². The van der Waals surface area contributed by atoms with Crippen molar-refractivity contribution < 1.29 is 33.3 Å². The van der Waals surface area contributed by atoms with Crippen LogP contribution in [0.4, 0.5) is 4.79 Å². The van der Waals surface area contributed by atoms with Gasteiger partial charge in [0, 0.05) is 46.2 Å². The quantitative estimate of drug-likeness (QED) is 0.158. The molecule has 8 nitrogen and oxygen atoms in total. The van der Waals surface area contributed by atoms with Crippen LogP contribution < -0.4 is 0 Å². The molecule has 1 unspecified atom stereocenters. The topological polar surface area (TPSA) is 85.2 Å². The molecule has 0 bridgehead atoms. The van der Waals surface area contributed by atoms with Crippen molar-refractivity contribution in [1.29, 1.82) is 0 Å². The summed E-state index contributed by atoms with van der Waals surface area (Å²) in [7, 11) is 1.50. The Labute approximate surface area is 192 Å². The van der Waals surface area contributed by atoms with Crippen LogP contribution >= 0.6 is 0 Å². The van der Waals surface area contributed by atoms with Gasteiger partial charge in [-0.25, -0.2) is 9.59 Å². The smallest absolute Gasteiger partial charge is 0.432 e. The van der Waals surface area contributed by atoms with Crippen molar-refractivity contribution >= 4 is 12.1 Å². The number of carbonyl (C=O) groups is 2. The number of carbonyl (C=O) groups excluding carboxylic acids is 2. The Morgan fingerprint density at radius 3 is 2.31 bits per heavy atom. The van der Waals surface area contributed by atoms with Gasteiger partial charge in [0.25, 0.3) is 0 Å². The van der Waals surface area contributed by atoms with Crippen LogP contribution in [0.5, 0.6) is 0 Å². The fourth-order valence-corrected chi connectivity index (χ4v) is 3.05. The lowest BCUT2D eigenvalue weighted by Gasteiger charge is -2.13. The second-order valence-electron chi connectivity index (χ2n) is 7.76. The maximum Gasteiger partial charge on any atom is 0.511 e. The van der Waals surface area contributed by atoms with Crippen LogP contribution in [0.15, 0.2) is 18.5 Å². The molecule has 0 spiro atoms. The number of nitrogens with zero attached hydrogens (tertiary/aromatic N) is 1. The number of hydrogen-bond donors (Lipinski definition) is 0. The van der Waals surface area contributed by atoms with Gasteiger partial charge in [-0.3, -0.25) is 0 Å². The van der Waals surface area contributed by atoms with Gasteiger partial charge in [0.05, 0.1) is 12.2 Å². The van der Waals surface area contributed by atoms with Crippen molar-refractivity contribution in [2.24, 2.45) is 0 Å². The third kappa shape index (κ3) is 14.1. The van der Waals surface area contributed by atoms with E-state index in [1.165, 1.54) is 52.6 Å². The summed E-state index contributed by atoms with van der Waals surface area (Å²) in [5.74, 6) is -0.542. The minimum Gasteiger partial charge on any atom is -0.432 e. The van der Waals surface area contributed by atoms with Crippen molar-refractivity contribution in [3.8, 4) is 0 Å². The average molecular weight is 456 g/mol. The molecule has 0 aliphatic carbocycles. The zero-order chi connectivity index (χ0) is 23.4. The first-order valence-corrected chi connectivity index (χ1v) is 11.8. The summed E-state index contributed by atoms with van der Waals surface area (Å²) < 4.78 is 27.1. The lowest BCUT2D eigenvalue weighted by molar-refractivity contribution is -0.0839. The molecule has 0 fully saturated rings. The van der Waals surface area contributed by atoms with E-state index < -0.39 is 18.4 Å². The first-order valence-electron chi connectivity index (χ1n) is 11.8. The molecule has 1 aromatic heterocycles. The van der Waals surface area contributed by atoms with Gasteiger partial charge in [-0.15, -0.1) is 0 Å². The Kier molecular flexibility index (Phi) is 16.2. The summed E-state index contributed by atoms with van der Waals surface area (Å²) >= 11 is 0. The number of unbranched alkanes of at least 4 members (excludes halogenated alkanes) is 7. The molecule has 0 aliphatic heterocycles. The molecular weight excluding hydrogens is 414 g/mol. The van der Waals surface area contributed by atoms with E-state index in [1.807, 2.05) is 10.8 Å². The molecule has 1 atom stereocenters. The number of hydrogen-bond acceptors (Lipinski definition) is 7. The predicted molar refractivity (Wildman–Crippen MR) is 122 cm³/mol. The largest absolute Gasteiger partial charge is 0.511 e. The van der Waals surface area contributed by atoms with Gasteiger partial charge in [-0.2, -0.15) is 0 Å². The molecule has 0 saturated carbocycles. The molecular formula is C24H41NO7. The summed E-state index contributed by atoms with van der Waals surface area (Å²) in [6.07, 6.45) is 12.4. The van der Waals surface area contributed by atoms with Crippen LogP contribution in [0.3, 0.4) is 0 Å². The molecule has 0 aliphatic rings. The van der Waals surface area contributed by atoms with Crippen molar-refractivity contribution in [2.45, 2.75) is 84.5 Å². The molecule has 0 radical (unpaired) electrons. The average Bonchev–Trinajstić information content (AvgIpc) is 3.24. The van der Waals surface area contributed by atoms with E-state index in [1.54, 1.807) is 12.3 Å². The van der Waals surface area contributed by atoms with Crippen molar-refractivity contribution in [2.75, 3.05) is 33.5 Å². The highest BCUT2D eigenvalue weighted by Gasteiger charge is 2.17. The molecule has 0 saturated heterocycles. The van der Waals surface area contributed by atoms with E-state index in [2.05, 4.69) is 6.92 Å². The van der Waals surface area contributed by atoms with E-state index in [9.17, 15) is 9.59 Å². The highest BCUT2D eigenvalue weighted by atomic mass is 16.8. The zero-order valence-corrected chi connectivity index (χ0v) is 20.0. The lowest BCUT2D eigenvalue weighted by Crippen LogP contribution is -2.23. The Hall–Kier alpha value is -2.06. The summed E-state index contributed by atoms with van der Waals surface area (Å²) in [5.41, 5.74) is 0.425. The Balaban J connectivity index is 2.09. The first-order chi connectivity index (χ1) is 15.6. The number of esters is 1. The van der Waals surface area contributed by atoms with E-state index >= 15 is 0 Å². The van der Waals surface area contributed by atoms with Crippen molar-refractivity contribution in [3.63, 3.8) is 0 Å². The minimum absolute atomic E-state index is 0.0763. The highest BCUT2D eigenvalue weighted by molar-refractivity contribution is 5.89. The lowest BCUT2D eigenvalue weighted by atomic mass is 10.1. The number of aromatic nitrogens is 1. The van der Waals surface area contributed by atoms with Crippen molar-refractivity contribution in [1.82, 2.24) is 4.57 Å². The third-order valence-electron chi connectivity index (χ3n) is 4.88. The van der Waals surface area contributed by atoms with E-state index in [4.69, 9.17) is 23.7 Å². The van der Waals surface area contributed by atoms with Crippen LogP contribution in [-0.2, 0) is 30.2 Å². The third-order valence-corrected chi connectivity index (χ3v) is 4.88. The van der Waals surface area contributed by atoms with Gasteiger partial charge in [0.15, 0.2) is 0 Å². The van der Waals surface area contributed by atoms with Crippen molar-refractivity contribution in [3.05, 3.63) is 24.0 Å². The molecule has 184 valence electrons. The molecule has 1 heterocycles. The Morgan fingerprint density at radius 1 is 0.906 bits per heavy atom. The maximum absolute atomic E-state index is 12.2. The van der Waals surface area contributed by atoms with E-state index in [0.29, 0.717) is 5.56 Å².